The fraction of sp³-hybridized carbons (Fsp3) is 0.286. The van der Waals surface area contributed by atoms with Crippen molar-refractivity contribution in [3.05, 3.63) is 51.2 Å². The summed E-state index contributed by atoms with van der Waals surface area (Å²) in [6.07, 6.45) is 0.695. The molecule has 3 nitrogen and oxygen atoms in total. The van der Waals surface area contributed by atoms with Crippen LogP contribution in [-0.2, 0) is 6.42 Å². The van der Waals surface area contributed by atoms with Crippen LogP contribution in [0.25, 0.3) is 0 Å². The van der Waals surface area contributed by atoms with Crippen LogP contribution >= 0.6 is 11.3 Å². The lowest BCUT2D eigenvalue weighted by atomic mass is 10.2. The molecule has 2 aromatic rings. The van der Waals surface area contributed by atoms with E-state index in [9.17, 15) is 9.18 Å². The van der Waals surface area contributed by atoms with Gasteiger partial charge in [-0.3, -0.25) is 4.79 Å². The van der Waals surface area contributed by atoms with Crippen molar-refractivity contribution in [3.63, 3.8) is 0 Å². The Hall–Kier alpha value is -1.75. The highest BCUT2D eigenvalue weighted by molar-refractivity contribution is 7.11. The van der Waals surface area contributed by atoms with Crippen molar-refractivity contribution < 1.29 is 9.18 Å². The van der Waals surface area contributed by atoms with E-state index in [1.807, 2.05) is 13.8 Å². The van der Waals surface area contributed by atoms with E-state index in [-0.39, 0.29) is 5.91 Å². The van der Waals surface area contributed by atoms with E-state index in [4.69, 9.17) is 0 Å². The second-order valence-corrected chi connectivity index (χ2v) is 5.55. The largest absolute Gasteiger partial charge is 0.352 e. The van der Waals surface area contributed by atoms with Gasteiger partial charge in [0.25, 0.3) is 5.91 Å². The Labute approximate surface area is 115 Å². The minimum Gasteiger partial charge on any atom is -0.352 e. The van der Waals surface area contributed by atoms with Crippen LogP contribution in [0, 0.1) is 19.7 Å². The quantitative estimate of drug-likeness (QED) is 0.934. The Bertz CT molecular complexity index is 575. The number of benzene rings is 1. The summed E-state index contributed by atoms with van der Waals surface area (Å²) in [5, 5.41) is 3.77. The van der Waals surface area contributed by atoms with Crippen LogP contribution in [0.5, 0.6) is 0 Å². The predicted octanol–water partition coefficient (Wildman–Crippen LogP) is 2.87. The van der Waals surface area contributed by atoms with E-state index in [2.05, 4.69) is 10.3 Å². The number of carbonyl (C=O) groups excluding carboxylic acids is 1. The third-order valence-electron chi connectivity index (χ3n) is 2.78. The summed E-state index contributed by atoms with van der Waals surface area (Å²) in [5.74, 6) is -0.664. The number of nitrogens with one attached hydrogen (secondary N) is 1. The van der Waals surface area contributed by atoms with E-state index in [0.717, 1.165) is 10.7 Å². The summed E-state index contributed by atoms with van der Waals surface area (Å²) in [6, 6.07) is 5.67. The van der Waals surface area contributed by atoms with Crippen molar-refractivity contribution in [3.8, 4) is 0 Å². The minimum atomic E-state index is -0.404. The number of rotatable bonds is 4. The number of nitrogens with zero attached hydrogens (tertiary/aromatic N) is 1. The van der Waals surface area contributed by atoms with Gasteiger partial charge in [-0.1, -0.05) is 6.07 Å². The third kappa shape index (κ3) is 3.61. The fourth-order valence-corrected chi connectivity index (χ4v) is 2.59. The van der Waals surface area contributed by atoms with Crippen molar-refractivity contribution in [1.82, 2.24) is 10.3 Å². The van der Waals surface area contributed by atoms with Gasteiger partial charge in [0.15, 0.2) is 0 Å². The lowest BCUT2D eigenvalue weighted by molar-refractivity contribution is 0.0953. The number of amides is 1. The molecule has 0 bridgehead atoms. The number of aryl methyl sites for hydroxylation is 2. The number of carbonyl (C=O) groups is 1. The molecule has 1 heterocycles. The number of halogens is 1. The van der Waals surface area contributed by atoms with Crippen molar-refractivity contribution in [2.24, 2.45) is 0 Å². The standard InChI is InChI=1S/C14H15FN2OS/c1-9-10(2)19-13(17-9)6-7-16-14(18)11-4-3-5-12(15)8-11/h3-5,8H,6-7H2,1-2H3,(H,16,18). The van der Waals surface area contributed by atoms with Gasteiger partial charge < -0.3 is 5.32 Å². The molecular weight excluding hydrogens is 263 g/mol. The van der Waals surface area contributed by atoms with Crippen LogP contribution in [-0.4, -0.2) is 17.4 Å². The van der Waals surface area contributed by atoms with Crippen molar-refractivity contribution in [2.45, 2.75) is 20.3 Å². The molecule has 0 saturated heterocycles. The summed E-state index contributed by atoms with van der Waals surface area (Å²) in [4.78, 5) is 17.4. The monoisotopic (exact) mass is 278 g/mol. The summed E-state index contributed by atoms with van der Waals surface area (Å²) in [6.45, 7) is 4.50. The van der Waals surface area contributed by atoms with Crippen LogP contribution < -0.4 is 5.32 Å². The Morgan fingerprint density at radius 1 is 1.42 bits per heavy atom. The Balaban J connectivity index is 1.87. The molecule has 1 aromatic carbocycles. The van der Waals surface area contributed by atoms with E-state index in [0.29, 0.717) is 18.5 Å². The first-order chi connectivity index (χ1) is 9.06. The normalized spacial score (nSPS) is 10.5. The molecule has 1 N–H and O–H groups in total. The molecule has 0 aliphatic heterocycles. The lowest BCUT2D eigenvalue weighted by Crippen LogP contribution is -2.25. The molecule has 2 rings (SSSR count). The van der Waals surface area contributed by atoms with Gasteiger partial charge >= 0.3 is 0 Å². The highest BCUT2D eigenvalue weighted by Crippen LogP contribution is 2.16. The van der Waals surface area contributed by atoms with Crippen LogP contribution in [0.15, 0.2) is 24.3 Å². The van der Waals surface area contributed by atoms with Crippen LogP contribution in [0.1, 0.15) is 25.9 Å². The Morgan fingerprint density at radius 3 is 2.84 bits per heavy atom. The molecular formula is C14H15FN2OS. The molecule has 0 aliphatic rings. The Morgan fingerprint density at radius 2 is 2.21 bits per heavy atom. The highest BCUT2D eigenvalue weighted by atomic mass is 32.1. The topological polar surface area (TPSA) is 42.0 Å². The van der Waals surface area contributed by atoms with E-state index in [1.165, 1.54) is 23.1 Å². The second kappa shape index (κ2) is 5.93. The molecule has 0 aliphatic carbocycles. The SMILES string of the molecule is Cc1nc(CCNC(=O)c2cccc(F)c2)sc1C. The number of thiazole rings is 1. The maximum Gasteiger partial charge on any atom is 0.251 e. The third-order valence-corrected chi connectivity index (χ3v) is 3.92. The smallest absolute Gasteiger partial charge is 0.251 e. The van der Waals surface area contributed by atoms with Gasteiger partial charge in [0.05, 0.1) is 10.7 Å². The van der Waals surface area contributed by atoms with Crippen LogP contribution in [0.3, 0.4) is 0 Å². The number of aromatic nitrogens is 1. The highest BCUT2D eigenvalue weighted by Gasteiger charge is 2.07. The average Bonchev–Trinajstić information content (AvgIpc) is 2.68. The van der Waals surface area contributed by atoms with Gasteiger partial charge in [-0.2, -0.15) is 0 Å². The van der Waals surface area contributed by atoms with Crippen molar-refractivity contribution in [1.29, 1.82) is 0 Å². The lowest BCUT2D eigenvalue weighted by Gasteiger charge is -2.03. The van der Waals surface area contributed by atoms with Gasteiger partial charge in [-0.05, 0) is 32.0 Å². The zero-order chi connectivity index (χ0) is 13.8. The Kier molecular flexibility index (Phi) is 4.27. The van der Waals surface area contributed by atoms with E-state index >= 15 is 0 Å². The molecule has 1 amide bonds. The van der Waals surface area contributed by atoms with Gasteiger partial charge in [-0.15, -0.1) is 11.3 Å². The average molecular weight is 278 g/mol. The summed E-state index contributed by atoms with van der Waals surface area (Å²) in [5.41, 5.74) is 1.38. The molecule has 5 heteroatoms. The van der Waals surface area contributed by atoms with Crippen molar-refractivity contribution in [2.75, 3.05) is 6.54 Å². The van der Waals surface area contributed by atoms with Crippen molar-refractivity contribution >= 4 is 17.2 Å². The van der Waals surface area contributed by atoms with Gasteiger partial charge in [0.1, 0.15) is 5.82 Å². The summed E-state index contributed by atoms with van der Waals surface area (Å²) in [7, 11) is 0. The first kappa shape index (κ1) is 13.7. The van der Waals surface area contributed by atoms with E-state index in [1.54, 1.807) is 17.4 Å². The van der Waals surface area contributed by atoms with Crippen LogP contribution in [0.4, 0.5) is 4.39 Å². The molecule has 19 heavy (non-hydrogen) atoms. The molecule has 0 radical (unpaired) electrons. The first-order valence-electron chi connectivity index (χ1n) is 6.03. The molecule has 0 unspecified atom stereocenters. The summed E-state index contributed by atoms with van der Waals surface area (Å²) >= 11 is 1.64. The minimum absolute atomic E-state index is 0.260. The molecule has 1 aromatic heterocycles. The van der Waals surface area contributed by atoms with Gasteiger partial charge in [0.2, 0.25) is 0 Å². The molecule has 0 spiro atoms. The molecule has 0 fully saturated rings. The van der Waals surface area contributed by atoms with Gasteiger partial charge in [-0.25, -0.2) is 9.37 Å². The number of hydrogen-bond acceptors (Lipinski definition) is 3. The predicted molar refractivity (Wildman–Crippen MR) is 74.0 cm³/mol. The number of hydrogen-bond donors (Lipinski definition) is 1. The molecule has 0 atom stereocenters. The maximum atomic E-state index is 13.0. The zero-order valence-electron chi connectivity index (χ0n) is 10.9. The zero-order valence-corrected chi connectivity index (χ0v) is 11.7. The van der Waals surface area contributed by atoms with Crippen LogP contribution in [0.2, 0.25) is 0 Å². The van der Waals surface area contributed by atoms with E-state index < -0.39 is 5.82 Å². The van der Waals surface area contributed by atoms with Gasteiger partial charge in [0, 0.05) is 23.4 Å². The maximum absolute atomic E-state index is 13.0. The molecule has 0 saturated carbocycles. The first-order valence-corrected chi connectivity index (χ1v) is 6.84. The summed E-state index contributed by atoms with van der Waals surface area (Å²) < 4.78 is 13.0. The fourth-order valence-electron chi connectivity index (χ4n) is 1.66. The second-order valence-electron chi connectivity index (χ2n) is 4.27. The molecule has 100 valence electrons.